The number of carbonyl (C=O) groups excluding carboxylic acids is 2. The highest BCUT2D eigenvalue weighted by atomic mass is 35.5. The van der Waals surface area contributed by atoms with Crippen LogP contribution < -0.4 is 14.8 Å². The number of amides is 2. The van der Waals surface area contributed by atoms with Crippen molar-refractivity contribution >= 4 is 40.7 Å². The lowest BCUT2D eigenvalue weighted by atomic mass is 10.0. The summed E-state index contributed by atoms with van der Waals surface area (Å²) in [5.74, 6) is -0.601. The molecule has 9 nitrogen and oxygen atoms in total. The number of carbonyl (C=O) groups is 2. The van der Waals surface area contributed by atoms with E-state index >= 15 is 0 Å². The van der Waals surface area contributed by atoms with E-state index < -0.39 is 23.5 Å². The van der Waals surface area contributed by atoms with Crippen molar-refractivity contribution in [3.05, 3.63) is 98.0 Å². The molecule has 3 aromatic rings. The van der Waals surface area contributed by atoms with Crippen LogP contribution in [0.25, 0.3) is 0 Å². The van der Waals surface area contributed by atoms with Gasteiger partial charge in [-0.1, -0.05) is 66.5 Å². The predicted molar refractivity (Wildman–Crippen MR) is 154 cm³/mol. The maximum absolute atomic E-state index is 13.7. The number of benzene rings is 3. The van der Waals surface area contributed by atoms with Crippen molar-refractivity contribution < 1.29 is 24.0 Å². The molecule has 0 unspecified atom stereocenters. The van der Waals surface area contributed by atoms with Gasteiger partial charge in [0.05, 0.1) is 12.0 Å². The van der Waals surface area contributed by atoms with Crippen LogP contribution in [0.15, 0.2) is 66.7 Å². The molecule has 1 N–H and O–H groups in total. The molecule has 0 bridgehead atoms. The fourth-order valence-corrected chi connectivity index (χ4v) is 4.42. The van der Waals surface area contributed by atoms with Gasteiger partial charge in [-0.15, -0.1) is 0 Å². The molecule has 0 aliphatic heterocycles. The van der Waals surface area contributed by atoms with Crippen molar-refractivity contribution in [2.45, 2.75) is 45.3 Å². The lowest BCUT2D eigenvalue weighted by Gasteiger charge is -2.32. The van der Waals surface area contributed by atoms with Crippen LogP contribution in [-0.4, -0.2) is 47.4 Å². The van der Waals surface area contributed by atoms with E-state index in [1.165, 1.54) is 30.2 Å². The van der Waals surface area contributed by atoms with E-state index in [0.29, 0.717) is 22.0 Å². The third-order valence-electron chi connectivity index (χ3n) is 6.34. The summed E-state index contributed by atoms with van der Waals surface area (Å²) in [5.41, 5.74) is 1.24. The van der Waals surface area contributed by atoms with Gasteiger partial charge in [-0.25, -0.2) is 0 Å². The Morgan fingerprint density at radius 1 is 1.07 bits per heavy atom. The normalized spacial score (nSPS) is 12.2. The van der Waals surface area contributed by atoms with E-state index in [0.717, 1.165) is 5.56 Å². The van der Waals surface area contributed by atoms with Crippen molar-refractivity contribution in [3.8, 4) is 11.5 Å². The molecule has 2 atom stereocenters. The second kappa shape index (κ2) is 14.5. The van der Waals surface area contributed by atoms with Gasteiger partial charge in [0.2, 0.25) is 11.7 Å². The molecule has 0 heterocycles. The minimum absolute atomic E-state index is 0.00497. The minimum atomic E-state index is -0.884. The number of nitrogens with zero attached hydrogens (tertiary/aromatic N) is 2. The van der Waals surface area contributed by atoms with Gasteiger partial charge >= 0.3 is 5.69 Å². The molecular formula is C29H31Cl2N3O6. The Balaban J connectivity index is 1.95. The van der Waals surface area contributed by atoms with E-state index in [1.54, 1.807) is 18.2 Å². The second-order valence-corrected chi connectivity index (χ2v) is 10.0. The zero-order valence-electron chi connectivity index (χ0n) is 22.4. The van der Waals surface area contributed by atoms with Crippen LogP contribution in [0.1, 0.15) is 31.4 Å². The summed E-state index contributed by atoms with van der Waals surface area (Å²) < 4.78 is 10.8. The van der Waals surface area contributed by atoms with Gasteiger partial charge in [-0.2, -0.15) is 0 Å². The first-order valence-corrected chi connectivity index (χ1v) is 13.4. The Labute approximate surface area is 243 Å². The molecule has 11 heteroatoms. The van der Waals surface area contributed by atoms with E-state index in [4.69, 9.17) is 32.7 Å². The van der Waals surface area contributed by atoms with E-state index in [-0.39, 0.29) is 42.1 Å². The fourth-order valence-electron chi connectivity index (χ4n) is 3.96. The van der Waals surface area contributed by atoms with Crippen molar-refractivity contribution in [1.82, 2.24) is 10.2 Å². The minimum Gasteiger partial charge on any atom is -0.490 e. The van der Waals surface area contributed by atoms with Crippen LogP contribution in [0.4, 0.5) is 5.69 Å². The number of hydrogen-bond acceptors (Lipinski definition) is 6. The lowest BCUT2D eigenvalue weighted by Crippen LogP contribution is -2.53. The number of nitro groups is 1. The second-order valence-electron chi connectivity index (χ2n) is 9.16. The number of ether oxygens (including phenoxy) is 2. The molecule has 0 aromatic heterocycles. The average Bonchev–Trinajstić information content (AvgIpc) is 2.94. The Hall–Kier alpha value is -3.82. The number of nitrogens with one attached hydrogen (secondary N) is 1. The molecule has 0 fully saturated rings. The molecule has 0 aliphatic rings. The molecule has 0 aliphatic carbocycles. The number of methoxy groups -OCH3 is 1. The van der Waals surface area contributed by atoms with Crippen LogP contribution in [0.5, 0.6) is 11.5 Å². The van der Waals surface area contributed by atoms with Gasteiger partial charge in [-0.05, 0) is 42.7 Å². The summed E-state index contributed by atoms with van der Waals surface area (Å²) in [4.78, 5) is 39.4. The number of nitro benzene ring substituents is 1. The van der Waals surface area contributed by atoms with Gasteiger partial charge in [0.25, 0.3) is 5.91 Å². The topological polar surface area (TPSA) is 111 Å². The van der Waals surface area contributed by atoms with Crippen LogP contribution in [0.2, 0.25) is 10.0 Å². The monoisotopic (exact) mass is 587 g/mol. The Morgan fingerprint density at radius 2 is 1.80 bits per heavy atom. The van der Waals surface area contributed by atoms with Gasteiger partial charge in [0, 0.05) is 41.2 Å². The Kier molecular flexibility index (Phi) is 11.2. The van der Waals surface area contributed by atoms with Gasteiger partial charge in [-0.3, -0.25) is 19.7 Å². The molecular weight excluding hydrogens is 557 g/mol. The van der Waals surface area contributed by atoms with Crippen molar-refractivity contribution in [2.75, 3.05) is 13.7 Å². The fraction of sp³-hybridized carbons (Fsp3) is 0.310. The van der Waals surface area contributed by atoms with E-state index in [2.05, 4.69) is 5.32 Å². The summed E-state index contributed by atoms with van der Waals surface area (Å²) in [5, 5.41) is 15.0. The maximum Gasteiger partial charge on any atom is 0.311 e. The van der Waals surface area contributed by atoms with E-state index in [9.17, 15) is 19.7 Å². The third kappa shape index (κ3) is 8.34. The Bertz CT molecular complexity index is 1340. The maximum atomic E-state index is 13.7. The summed E-state index contributed by atoms with van der Waals surface area (Å²) in [7, 11) is 1.30. The molecule has 0 radical (unpaired) electrons. The van der Waals surface area contributed by atoms with Crippen molar-refractivity contribution in [1.29, 1.82) is 0 Å². The molecule has 0 spiro atoms. The quantitative estimate of drug-likeness (QED) is 0.198. The molecule has 2 amide bonds. The molecule has 212 valence electrons. The number of rotatable bonds is 13. The summed E-state index contributed by atoms with van der Waals surface area (Å²) in [6.07, 6.45) is 0.969. The molecule has 0 saturated carbocycles. The highest BCUT2D eigenvalue weighted by molar-refractivity contribution is 6.35. The molecule has 40 heavy (non-hydrogen) atoms. The van der Waals surface area contributed by atoms with Crippen LogP contribution in [0.3, 0.4) is 0 Å². The van der Waals surface area contributed by atoms with Crippen LogP contribution in [0, 0.1) is 10.1 Å². The standard InChI is InChI=1S/C29H31Cl2N3O6/c1-4-19(2)32-29(36)26(14-20-8-6-5-7-9-20)33(17-21-10-11-22(30)15-24(21)31)28(35)18-40-23-12-13-25(34(37)38)27(16-23)39-3/h5-13,15-16,19,26H,4,14,17-18H2,1-3H3,(H,32,36)/t19-,26-/m0/s1. The van der Waals surface area contributed by atoms with Gasteiger partial charge < -0.3 is 19.7 Å². The Morgan fingerprint density at radius 3 is 2.42 bits per heavy atom. The number of halogens is 2. The van der Waals surface area contributed by atoms with Crippen LogP contribution in [-0.2, 0) is 22.6 Å². The van der Waals surface area contributed by atoms with E-state index in [1.807, 2.05) is 44.2 Å². The van der Waals surface area contributed by atoms with Gasteiger partial charge in [0.1, 0.15) is 11.8 Å². The largest absolute Gasteiger partial charge is 0.490 e. The smallest absolute Gasteiger partial charge is 0.311 e. The first-order valence-electron chi connectivity index (χ1n) is 12.7. The van der Waals surface area contributed by atoms with Crippen molar-refractivity contribution in [2.24, 2.45) is 0 Å². The zero-order chi connectivity index (χ0) is 29.2. The highest BCUT2D eigenvalue weighted by Gasteiger charge is 2.32. The van der Waals surface area contributed by atoms with Crippen LogP contribution >= 0.6 is 23.2 Å². The highest BCUT2D eigenvalue weighted by Crippen LogP contribution is 2.31. The third-order valence-corrected chi connectivity index (χ3v) is 6.93. The molecule has 3 aromatic carbocycles. The molecule has 0 saturated heterocycles. The summed E-state index contributed by atoms with van der Waals surface area (Å²) in [6, 6.07) is 17.3. The SMILES string of the molecule is CC[C@H](C)NC(=O)[C@H](Cc1ccccc1)N(Cc1ccc(Cl)cc1Cl)C(=O)COc1ccc([N+](=O)[O-])c(OC)c1. The van der Waals surface area contributed by atoms with Gasteiger partial charge in [0.15, 0.2) is 6.61 Å². The summed E-state index contributed by atoms with van der Waals surface area (Å²) >= 11 is 12.5. The molecule has 3 rings (SSSR count). The van der Waals surface area contributed by atoms with Crippen molar-refractivity contribution in [3.63, 3.8) is 0 Å². The predicted octanol–water partition coefficient (Wildman–Crippen LogP) is 5.84. The first kappa shape index (κ1) is 30.7. The average molecular weight is 588 g/mol. The summed E-state index contributed by atoms with van der Waals surface area (Å²) in [6.45, 7) is 3.44. The zero-order valence-corrected chi connectivity index (χ0v) is 23.9. The first-order chi connectivity index (χ1) is 19.1. The lowest BCUT2D eigenvalue weighted by molar-refractivity contribution is -0.385. The number of hydrogen-bond donors (Lipinski definition) is 1.